The van der Waals surface area contributed by atoms with E-state index in [9.17, 15) is 4.79 Å². The van der Waals surface area contributed by atoms with Crippen molar-refractivity contribution in [3.05, 3.63) is 53.9 Å². The lowest BCUT2D eigenvalue weighted by atomic mass is 9.92. The summed E-state index contributed by atoms with van der Waals surface area (Å²) in [6, 6.07) is 11.2. The van der Waals surface area contributed by atoms with Crippen molar-refractivity contribution in [2.75, 3.05) is 0 Å². The minimum absolute atomic E-state index is 0.208. The van der Waals surface area contributed by atoms with Gasteiger partial charge in [0.15, 0.2) is 0 Å². The smallest absolute Gasteiger partial charge is 0.244 e. The number of nitrogens with zero attached hydrogens (tertiary/aromatic N) is 2. The molecule has 1 amide bonds. The molecular formula is C14H18N4O. The first-order valence-corrected chi connectivity index (χ1v) is 6.11. The summed E-state index contributed by atoms with van der Waals surface area (Å²) in [6.45, 7) is 2.12. The average Bonchev–Trinajstić information content (AvgIpc) is 2.82. The van der Waals surface area contributed by atoms with Crippen LogP contribution in [-0.2, 0) is 23.9 Å². The Labute approximate surface area is 112 Å². The standard InChI is InChI=1S/C14H18N4O/c1-14(15,11-6-4-3-5-7-11)13(19)16-10-12-8-9-17-18(12)2/h3-9H,10,15H2,1-2H3,(H,16,19). The fourth-order valence-corrected chi connectivity index (χ4v) is 1.84. The van der Waals surface area contributed by atoms with Crippen LogP contribution in [-0.4, -0.2) is 15.7 Å². The molecule has 0 bridgehead atoms. The lowest BCUT2D eigenvalue weighted by Crippen LogP contribution is -2.48. The van der Waals surface area contributed by atoms with E-state index in [0.717, 1.165) is 11.3 Å². The van der Waals surface area contributed by atoms with Gasteiger partial charge in [-0.3, -0.25) is 9.48 Å². The van der Waals surface area contributed by atoms with Crippen LogP contribution >= 0.6 is 0 Å². The van der Waals surface area contributed by atoms with Gasteiger partial charge in [-0.2, -0.15) is 5.10 Å². The van der Waals surface area contributed by atoms with Crippen molar-refractivity contribution in [3.63, 3.8) is 0 Å². The van der Waals surface area contributed by atoms with Crippen LogP contribution in [0.4, 0.5) is 0 Å². The van der Waals surface area contributed by atoms with Crippen molar-refractivity contribution >= 4 is 5.91 Å². The van der Waals surface area contributed by atoms with Crippen LogP contribution in [0.1, 0.15) is 18.2 Å². The molecule has 0 radical (unpaired) electrons. The van der Waals surface area contributed by atoms with Gasteiger partial charge in [0.1, 0.15) is 5.54 Å². The molecule has 1 unspecified atom stereocenters. The monoisotopic (exact) mass is 258 g/mol. The van der Waals surface area contributed by atoms with E-state index in [0.29, 0.717) is 6.54 Å². The third kappa shape index (κ3) is 2.82. The molecule has 2 rings (SSSR count). The molecule has 1 aromatic carbocycles. The van der Waals surface area contributed by atoms with Crippen molar-refractivity contribution in [3.8, 4) is 0 Å². The van der Waals surface area contributed by atoms with Gasteiger partial charge in [0.2, 0.25) is 5.91 Å². The molecule has 19 heavy (non-hydrogen) atoms. The molecule has 1 aromatic heterocycles. The second-order valence-electron chi connectivity index (χ2n) is 4.70. The average molecular weight is 258 g/mol. The predicted molar refractivity (Wildman–Crippen MR) is 73.0 cm³/mol. The third-order valence-corrected chi connectivity index (χ3v) is 3.20. The topological polar surface area (TPSA) is 72.9 Å². The summed E-state index contributed by atoms with van der Waals surface area (Å²) in [5.41, 5.74) is 6.80. The van der Waals surface area contributed by atoms with Crippen molar-refractivity contribution < 1.29 is 4.79 Å². The number of nitrogens with one attached hydrogen (secondary N) is 1. The first-order valence-electron chi connectivity index (χ1n) is 6.11. The highest BCUT2D eigenvalue weighted by atomic mass is 16.2. The third-order valence-electron chi connectivity index (χ3n) is 3.20. The predicted octanol–water partition coefficient (Wildman–Crippen LogP) is 0.910. The van der Waals surface area contributed by atoms with E-state index in [-0.39, 0.29) is 5.91 Å². The highest BCUT2D eigenvalue weighted by Crippen LogP contribution is 2.17. The second kappa shape index (κ2) is 5.24. The van der Waals surface area contributed by atoms with Gasteiger partial charge in [0.05, 0.1) is 12.2 Å². The zero-order valence-electron chi connectivity index (χ0n) is 11.1. The van der Waals surface area contributed by atoms with E-state index in [1.54, 1.807) is 17.8 Å². The number of nitrogens with two attached hydrogens (primary N) is 1. The molecule has 0 saturated heterocycles. The summed E-state index contributed by atoms with van der Waals surface area (Å²) in [7, 11) is 1.83. The van der Waals surface area contributed by atoms with E-state index < -0.39 is 5.54 Å². The highest BCUT2D eigenvalue weighted by Gasteiger charge is 2.30. The maximum atomic E-state index is 12.2. The Bertz CT molecular complexity index is 560. The number of rotatable bonds is 4. The van der Waals surface area contributed by atoms with Crippen LogP contribution in [0.5, 0.6) is 0 Å². The number of amides is 1. The lowest BCUT2D eigenvalue weighted by molar-refractivity contribution is -0.126. The van der Waals surface area contributed by atoms with Crippen LogP contribution in [0.3, 0.4) is 0 Å². The molecule has 0 aliphatic carbocycles. The summed E-state index contributed by atoms with van der Waals surface area (Å²) in [5.74, 6) is -0.208. The Balaban J connectivity index is 2.05. The van der Waals surface area contributed by atoms with Gasteiger partial charge in [-0.1, -0.05) is 30.3 Å². The molecule has 2 aromatic rings. The maximum absolute atomic E-state index is 12.2. The first kappa shape index (κ1) is 13.3. The minimum Gasteiger partial charge on any atom is -0.349 e. The summed E-state index contributed by atoms with van der Waals surface area (Å²) >= 11 is 0. The number of aromatic nitrogens is 2. The lowest BCUT2D eigenvalue weighted by Gasteiger charge is -2.24. The van der Waals surface area contributed by atoms with Crippen LogP contribution < -0.4 is 11.1 Å². The van der Waals surface area contributed by atoms with Gasteiger partial charge >= 0.3 is 0 Å². The Morgan fingerprint density at radius 1 is 1.37 bits per heavy atom. The van der Waals surface area contributed by atoms with E-state index in [1.807, 2.05) is 43.4 Å². The maximum Gasteiger partial charge on any atom is 0.244 e. The van der Waals surface area contributed by atoms with Gasteiger partial charge in [0, 0.05) is 13.2 Å². The van der Waals surface area contributed by atoms with Crippen LogP contribution in [0.25, 0.3) is 0 Å². The summed E-state index contributed by atoms with van der Waals surface area (Å²) < 4.78 is 1.72. The molecule has 0 spiro atoms. The number of aryl methyl sites for hydroxylation is 1. The molecule has 1 atom stereocenters. The number of benzene rings is 1. The molecule has 0 saturated carbocycles. The van der Waals surface area contributed by atoms with Crippen molar-refractivity contribution in [1.29, 1.82) is 0 Å². The van der Waals surface area contributed by atoms with Crippen molar-refractivity contribution in [2.45, 2.75) is 19.0 Å². The van der Waals surface area contributed by atoms with Gasteiger partial charge in [-0.05, 0) is 18.6 Å². The van der Waals surface area contributed by atoms with Crippen LogP contribution in [0, 0.1) is 0 Å². The molecule has 0 aliphatic rings. The molecule has 5 nitrogen and oxygen atoms in total. The molecule has 100 valence electrons. The Morgan fingerprint density at radius 2 is 2.05 bits per heavy atom. The molecule has 0 aliphatic heterocycles. The van der Waals surface area contributed by atoms with Gasteiger partial charge < -0.3 is 11.1 Å². The van der Waals surface area contributed by atoms with E-state index >= 15 is 0 Å². The van der Waals surface area contributed by atoms with Crippen LogP contribution in [0.15, 0.2) is 42.6 Å². The molecule has 1 heterocycles. The van der Waals surface area contributed by atoms with Crippen molar-refractivity contribution in [2.24, 2.45) is 12.8 Å². The SMILES string of the molecule is Cn1nccc1CNC(=O)C(C)(N)c1ccccc1. The number of carbonyl (C=O) groups is 1. The molecule has 0 fully saturated rings. The molecule has 5 heteroatoms. The van der Waals surface area contributed by atoms with Gasteiger partial charge in [-0.25, -0.2) is 0 Å². The second-order valence-corrected chi connectivity index (χ2v) is 4.70. The normalized spacial score (nSPS) is 13.8. The Morgan fingerprint density at radius 3 is 2.63 bits per heavy atom. The minimum atomic E-state index is -1.04. The highest BCUT2D eigenvalue weighted by molar-refractivity contribution is 5.86. The van der Waals surface area contributed by atoms with E-state index in [2.05, 4.69) is 10.4 Å². The van der Waals surface area contributed by atoms with Crippen LogP contribution in [0.2, 0.25) is 0 Å². The fraction of sp³-hybridized carbons (Fsp3) is 0.286. The summed E-state index contributed by atoms with van der Waals surface area (Å²) in [6.07, 6.45) is 1.69. The zero-order chi connectivity index (χ0) is 13.9. The van der Waals surface area contributed by atoms with Gasteiger partial charge in [-0.15, -0.1) is 0 Å². The number of hydrogen-bond donors (Lipinski definition) is 2. The Hall–Kier alpha value is -2.14. The van der Waals surface area contributed by atoms with Crippen molar-refractivity contribution in [1.82, 2.24) is 15.1 Å². The number of hydrogen-bond acceptors (Lipinski definition) is 3. The first-order chi connectivity index (χ1) is 9.01. The zero-order valence-corrected chi connectivity index (χ0v) is 11.1. The largest absolute Gasteiger partial charge is 0.349 e. The summed E-state index contributed by atoms with van der Waals surface area (Å²) in [5, 5.41) is 6.89. The summed E-state index contributed by atoms with van der Waals surface area (Å²) in [4.78, 5) is 12.2. The quantitative estimate of drug-likeness (QED) is 0.856. The Kier molecular flexibility index (Phi) is 3.66. The van der Waals surface area contributed by atoms with E-state index in [4.69, 9.17) is 5.73 Å². The molecule has 3 N–H and O–H groups in total. The van der Waals surface area contributed by atoms with Gasteiger partial charge in [0.25, 0.3) is 0 Å². The molecular weight excluding hydrogens is 240 g/mol. The number of carbonyl (C=O) groups excluding carboxylic acids is 1. The fourth-order valence-electron chi connectivity index (χ4n) is 1.84. The van der Waals surface area contributed by atoms with E-state index in [1.165, 1.54) is 0 Å².